The summed E-state index contributed by atoms with van der Waals surface area (Å²) in [6.45, 7) is 2.24. The molecule has 1 aromatic rings. The third kappa shape index (κ3) is 6.60. The summed E-state index contributed by atoms with van der Waals surface area (Å²) in [6, 6.07) is 5.89. The van der Waals surface area contributed by atoms with Crippen LogP contribution in [0.1, 0.15) is 27.2 Å². The predicted octanol–water partition coefficient (Wildman–Crippen LogP) is 4.08. The predicted molar refractivity (Wildman–Crippen MR) is 89.1 cm³/mol. The van der Waals surface area contributed by atoms with Crippen molar-refractivity contribution >= 4 is 28.3 Å². The van der Waals surface area contributed by atoms with E-state index < -0.39 is 16.9 Å². The fourth-order valence-corrected chi connectivity index (χ4v) is 5.32. The highest BCUT2D eigenvalue weighted by Crippen LogP contribution is 2.60. The smallest absolute Gasteiger partial charge is 0.417 e. The minimum Gasteiger partial charge on any atom is -0.417 e. The van der Waals surface area contributed by atoms with Crippen LogP contribution in [-0.2, 0) is 19.2 Å². The van der Waals surface area contributed by atoms with Gasteiger partial charge in [0.15, 0.2) is 0 Å². The Morgan fingerprint density at radius 2 is 1.68 bits per heavy atom. The molecule has 0 spiro atoms. The SMILES string of the molecule is CCCSP(=O)(OCC)Oc1ccc(OS(=O)(=O)CC)cc1. The number of benzene rings is 1. The molecule has 6 nitrogen and oxygen atoms in total. The molecule has 0 aromatic heterocycles. The summed E-state index contributed by atoms with van der Waals surface area (Å²) in [6.07, 6.45) is 0.854. The van der Waals surface area contributed by atoms with Gasteiger partial charge < -0.3 is 8.71 Å². The first kappa shape index (κ1) is 19.4. The highest BCUT2D eigenvalue weighted by Gasteiger charge is 2.26. The standard InChI is InChI=1S/C13H21O6PS2/c1-4-11-21-20(14,17-5-2)18-12-7-9-13(10-8-12)19-22(15,16)6-3/h7-10H,4-6,11H2,1-3H3. The van der Waals surface area contributed by atoms with Crippen molar-refractivity contribution in [2.75, 3.05) is 18.1 Å². The second kappa shape index (κ2) is 8.82. The Morgan fingerprint density at radius 3 is 2.18 bits per heavy atom. The minimum atomic E-state index is -3.57. The molecule has 0 amide bonds. The lowest BCUT2D eigenvalue weighted by atomic mass is 10.3. The monoisotopic (exact) mass is 368 g/mol. The Labute approximate surface area is 135 Å². The molecular formula is C13H21O6PS2. The van der Waals surface area contributed by atoms with Crippen LogP contribution in [0.5, 0.6) is 11.5 Å². The zero-order chi connectivity index (χ0) is 16.6. The molecule has 0 aliphatic rings. The van der Waals surface area contributed by atoms with Gasteiger partial charge in [-0.1, -0.05) is 6.92 Å². The van der Waals surface area contributed by atoms with Gasteiger partial charge in [-0.05, 0) is 55.9 Å². The third-order valence-corrected chi connectivity index (χ3v) is 7.46. The zero-order valence-corrected chi connectivity index (χ0v) is 15.4. The van der Waals surface area contributed by atoms with Crippen LogP contribution >= 0.6 is 18.2 Å². The number of rotatable bonds is 10. The van der Waals surface area contributed by atoms with Gasteiger partial charge in [-0.2, -0.15) is 8.42 Å². The average molecular weight is 368 g/mol. The van der Waals surface area contributed by atoms with E-state index in [1.807, 2.05) is 6.92 Å². The van der Waals surface area contributed by atoms with Crippen molar-refractivity contribution in [2.24, 2.45) is 0 Å². The first-order valence-corrected chi connectivity index (χ1v) is 11.7. The number of hydrogen-bond donors (Lipinski definition) is 0. The summed E-state index contributed by atoms with van der Waals surface area (Å²) in [7, 11) is -3.57. The summed E-state index contributed by atoms with van der Waals surface area (Å²) in [5.41, 5.74) is 0. The summed E-state index contributed by atoms with van der Waals surface area (Å²) in [5, 5.41) is 0. The van der Waals surface area contributed by atoms with Crippen LogP contribution in [0, 0.1) is 0 Å². The van der Waals surface area contributed by atoms with Crippen LogP contribution in [0.3, 0.4) is 0 Å². The molecule has 126 valence electrons. The largest absolute Gasteiger partial charge is 0.440 e. The van der Waals surface area contributed by atoms with E-state index in [9.17, 15) is 13.0 Å². The molecule has 0 aliphatic heterocycles. The molecule has 0 radical (unpaired) electrons. The summed E-state index contributed by atoms with van der Waals surface area (Å²) in [4.78, 5) is 0. The van der Waals surface area contributed by atoms with Gasteiger partial charge in [-0.25, -0.2) is 4.57 Å². The molecule has 0 bridgehead atoms. The highest BCUT2D eigenvalue weighted by atomic mass is 32.7. The van der Waals surface area contributed by atoms with E-state index in [2.05, 4.69) is 0 Å². The van der Waals surface area contributed by atoms with E-state index in [0.29, 0.717) is 11.5 Å². The maximum atomic E-state index is 12.5. The topological polar surface area (TPSA) is 78.9 Å². The lowest BCUT2D eigenvalue weighted by molar-refractivity contribution is 0.296. The van der Waals surface area contributed by atoms with Gasteiger partial charge in [0, 0.05) is 5.75 Å². The Morgan fingerprint density at radius 1 is 1.09 bits per heavy atom. The fourth-order valence-electron chi connectivity index (χ4n) is 1.34. The highest BCUT2D eigenvalue weighted by molar-refractivity contribution is 8.55. The molecule has 22 heavy (non-hydrogen) atoms. The Balaban J connectivity index is 2.79. The minimum absolute atomic E-state index is 0.113. The van der Waals surface area contributed by atoms with E-state index in [1.165, 1.54) is 31.2 Å². The van der Waals surface area contributed by atoms with E-state index in [4.69, 9.17) is 13.2 Å². The van der Waals surface area contributed by atoms with Gasteiger partial charge in [0.25, 0.3) is 0 Å². The second-order valence-corrected chi connectivity index (χ2v) is 10.2. The van der Waals surface area contributed by atoms with Crippen LogP contribution in [0.4, 0.5) is 0 Å². The van der Waals surface area contributed by atoms with Gasteiger partial charge in [0.2, 0.25) is 0 Å². The number of hydrogen-bond acceptors (Lipinski definition) is 7. The normalized spacial score (nSPS) is 14.3. The molecule has 1 rings (SSSR count). The summed E-state index contributed by atoms with van der Waals surface area (Å²) < 4.78 is 50.8. The van der Waals surface area contributed by atoms with Crippen molar-refractivity contribution in [2.45, 2.75) is 27.2 Å². The van der Waals surface area contributed by atoms with E-state index in [-0.39, 0.29) is 18.1 Å². The zero-order valence-electron chi connectivity index (χ0n) is 12.9. The Bertz CT molecular complexity index is 599. The molecule has 1 unspecified atom stereocenters. The maximum absolute atomic E-state index is 12.5. The van der Waals surface area contributed by atoms with Gasteiger partial charge in [-0.15, -0.1) is 0 Å². The van der Waals surface area contributed by atoms with Crippen molar-refractivity contribution < 1.29 is 26.2 Å². The van der Waals surface area contributed by atoms with E-state index in [0.717, 1.165) is 17.8 Å². The summed E-state index contributed by atoms with van der Waals surface area (Å²) >= 11 is 1.15. The second-order valence-electron chi connectivity index (χ2n) is 4.19. The van der Waals surface area contributed by atoms with Crippen LogP contribution in [0.25, 0.3) is 0 Å². The van der Waals surface area contributed by atoms with Crippen LogP contribution < -0.4 is 8.71 Å². The Kier molecular flexibility index (Phi) is 7.76. The fraction of sp³-hybridized carbons (Fsp3) is 0.538. The van der Waals surface area contributed by atoms with Crippen molar-refractivity contribution in [3.05, 3.63) is 24.3 Å². The Hall–Kier alpha value is -0.690. The van der Waals surface area contributed by atoms with Gasteiger partial charge >= 0.3 is 16.9 Å². The molecule has 0 saturated heterocycles. The van der Waals surface area contributed by atoms with Crippen molar-refractivity contribution in [3.63, 3.8) is 0 Å². The maximum Gasteiger partial charge on any atom is 0.440 e. The molecule has 0 N–H and O–H groups in total. The summed E-state index contributed by atoms with van der Waals surface area (Å²) in [5.74, 6) is 1.06. The van der Waals surface area contributed by atoms with Crippen molar-refractivity contribution in [1.29, 1.82) is 0 Å². The lowest BCUT2D eigenvalue weighted by Gasteiger charge is -2.17. The van der Waals surface area contributed by atoms with Gasteiger partial charge in [0.05, 0.1) is 12.4 Å². The first-order valence-electron chi connectivity index (χ1n) is 6.95. The van der Waals surface area contributed by atoms with Gasteiger partial charge in [-0.3, -0.25) is 4.52 Å². The molecule has 0 fully saturated rings. The molecule has 0 heterocycles. The van der Waals surface area contributed by atoms with E-state index >= 15 is 0 Å². The molecule has 0 saturated carbocycles. The molecular weight excluding hydrogens is 347 g/mol. The molecule has 9 heteroatoms. The molecule has 1 aromatic carbocycles. The van der Waals surface area contributed by atoms with Crippen molar-refractivity contribution in [1.82, 2.24) is 0 Å². The van der Waals surface area contributed by atoms with Crippen molar-refractivity contribution in [3.8, 4) is 11.5 Å². The van der Waals surface area contributed by atoms with Gasteiger partial charge in [0.1, 0.15) is 11.5 Å². The first-order chi connectivity index (χ1) is 10.3. The van der Waals surface area contributed by atoms with Crippen LogP contribution in [0.2, 0.25) is 0 Å². The third-order valence-electron chi connectivity index (χ3n) is 2.36. The quantitative estimate of drug-likeness (QED) is 0.455. The van der Waals surface area contributed by atoms with Crippen LogP contribution in [0.15, 0.2) is 24.3 Å². The van der Waals surface area contributed by atoms with E-state index in [1.54, 1.807) is 6.92 Å². The molecule has 0 aliphatic carbocycles. The van der Waals surface area contributed by atoms with Crippen LogP contribution in [-0.4, -0.2) is 26.5 Å². The average Bonchev–Trinajstić information content (AvgIpc) is 2.47. The lowest BCUT2D eigenvalue weighted by Crippen LogP contribution is -2.11. The molecule has 1 atom stereocenters.